The number of fused-ring (bicyclic) bond motifs is 1. The summed E-state index contributed by atoms with van der Waals surface area (Å²) in [7, 11) is 0. The van der Waals surface area contributed by atoms with E-state index in [1.54, 1.807) is 0 Å². The fraction of sp³-hybridized carbons (Fsp3) is 0.500. The van der Waals surface area contributed by atoms with Crippen LogP contribution in [0.2, 0.25) is 0 Å². The van der Waals surface area contributed by atoms with Gasteiger partial charge in [0, 0.05) is 30.2 Å². The lowest BCUT2D eigenvalue weighted by Crippen LogP contribution is -2.39. The standard InChI is InChI=1S/C16H22N2O/c1-12(19)13-5-3-9-18(10-13)11-14-4-2-6-16-15(14)7-8-17-16/h2,4,6-8,12-13,17,19H,3,5,9-11H2,1H3/t12-,13-/m1/s1. The minimum absolute atomic E-state index is 0.189. The van der Waals surface area contributed by atoms with Crippen molar-refractivity contribution in [2.45, 2.75) is 32.4 Å². The molecule has 1 aromatic carbocycles. The van der Waals surface area contributed by atoms with Gasteiger partial charge < -0.3 is 10.1 Å². The van der Waals surface area contributed by atoms with E-state index < -0.39 is 0 Å². The van der Waals surface area contributed by atoms with Crippen molar-refractivity contribution in [1.82, 2.24) is 9.88 Å². The Morgan fingerprint density at radius 3 is 3.16 bits per heavy atom. The first-order valence-corrected chi connectivity index (χ1v) is 7.19. The fourth-order valence-electron chi connectivity index (χ4n) is 3.16. The highest BCUT2D eigenvalue weighted by atomic mass is 16.3. The highest BCUT2D eigenvalue weighted by molar-refractivity contribution is 5.82. The molecule has 0 spiro atoms. The van der Waals surface area contributed by atoms with Crippen LogP contribution in [0.15, 0.2) is 30.5 Å². The van der Waals surface area contributed by atoms with E-state index in [2.05, 4.69) is 34.1 Å². The highest BCUT2D eigenvalue weighted by Gasteiger charge is 2.23. The van der Waals surface area contributed by atoms with Crippen LogP contribution in [0.4, 0.5) is 0 Å². The number of aliphatic hydroxyl groups excluding tert-OH is 1. The number of benzene rings is 1. The second kappa shape index (κ2) is 5.35. The summed E-state index contributed by atoms with van der Waals surface area (Å²) < 4.78 is 0. The van der Waals surface area contributed by atoms with Gasteiger partial charge in [-0.25, -0.2) is 0 Å². The largest absolute Gasteiger partial charge is 0.393 e. The van der Waals surface area contributed by atoms with Crippen molar-refractivity contribution < 1.29 is 5.11 Å². The number of aromatic amines is 1. The number of hydrogen-bond donors (Lipinski definition) is 2. The molecule has 0 amide bonds. The molecule has 0 aliphatic carbocycles. The van der Waals surface area contributed by atoms with E-state index in [0.29, 0.717) is 5.92 Å². The van der Waals surface area contributed by atoms with Crippen molar-refractivity contribution in [1.29, 1.82) is 0 Å². The van der Waals surface area contributed by atoms with E-state index in [1.807, 2.05) is 13.1 Å². The Morgan fingerprint density at radius 1 is 1.42 bits per heavy atom. The van der Waals surface area contributed by atoms with Gasteiger partial charge in [-0.15, -0.1) is 0 Å². The topological polar surface area (TPSA) is 39.3 Å². The first-order chi connectivity index (χ1) is 9.24. The van der Waals surface area contributed by atoms with Gasteiger partial charge in [0.1, 0.15) is 0 Å². The normalized spacial score (nSPS) is 22.7. The molecule has 1 aliphatic heterocycles. The maximum atomic E-state index is 9.77. The maximum Gasteiger partial charge on any atom is 0.0552 e. The molecule has 3 rings (SSSR count). The summed E-state index contributed by atoms with van der Waals surface area (Å²) >= 11 is 0. The van der Waals surface area contributed by atoms with E-state index in [1.165, 1.54) is 22.9 Å². The van der Waals surface area contributed by atoms with Gasteiger partial charge in [-0.1, -0.05) is 12.1 Å². The zero-order valence-corrected chi connectivity index (χ0v) is 11.5. The number of nitrogens with zero attached hydrogens (tertiary/aromatic N) is 1. The molecular weight excluding hydrogens is 236 g/mol. The molecule has 0 saturated carbocycles. The summed E-state index contributed by atoms with van der Waals surface area (Å²) in [6.45, 7) is 5.06. The van der Waals surface area contributed by atoms with Crippen LogP contribution < -0.4 is 0 Å². The van der Waals surface area contributed by atoms with E-state index in [9.17, 15) is 5.11 Å². The number of nitrogens with one attached hydrogen (secondary N) is 1. The summed E-state index contributed by atoms with van der Waals surface area (Å²) in [5, 5.41) is 11.1. The lowest BCUT2D eigenvalue weighted by atomic mass is 9.93. The van der Waals surface area contributed by atoms with Gasteiger partial charge in [0.05, 0.1) is 6.10 Å². The molecule has 3 heteroatoms. The van der Waals surface area contributed by atoms with Crippen LogP contribution in [0, 0.1) is 5.92 Å². The second-order valence-corrected chi connectivity index (χ2v) is 5.73. The van der Waals surface area contributed by atoms with Crippen molar-refractivity contribution in [3.05, 3.63) is 36.0 Å². The quantitative estimate of drug-likeness (QED) is 0.888. The summed E-state index contributed by atoms with van der Waals surface area (Å²) in [5.41, 5.74) is 2.59. The molecule has 1 aliphatic rings. The smallest absolute Gasteiger partial charge is 0.0552 e. The molecule has 102 valence electrons. The van der Waals surface area contributed by atoms with E-state index in [0.717, 1.165) is 26.1 Å². The SMILES string of the molecule is C[C@@H](O)[C@@H]1CCCN(Cc2cccc3[nH]ccc23)C1. The van der Waals surface area contributed by atoms with Gasteiger partial charge in [-0.05, 0) is 49.9 Å². The van der Waals surface area contributed by atoms with Crippen molar-refractivity contribution in [2.75, 3.05) is 13.1 Å². The third kappa shape index (κ3) is 2.67. The third-order valence-corrected chi connectivity index (χ3v) is 4.30. The molecular formula is C16H22N2O. The first kappa shape index (κ1) is 12.7. The average molecular weight is 258 g/mol. The predicted molar refractivity (Wildman–Crippen MR) is 78.0 cm³/mol. The second-order valence-electron chi connectivity index (χ2n) is 5.73. The average Bonchev–Trinajstić information content (AvgIpc) is 2.88. The Morgan fingerprint density at radius 2 is 2.32 bits per heavy atom. The van der Waals surface area contributed by atoms with Crippen LogP contribution in [-0.4, -0.2) is 34.2 Å². The number of aromatic nitrogens is 1. The molecule has 3 nitrogen and oxygen atoms in total. The van der Waals surface area contributed by atoms with Crippen molar-refractivity contribution >= 4 is 10.9 Å². The highest BCUT2D eigenvalue weighted by Crippen LogP contribution is 2.24. The van der Waals surface area contributed by atoms with E-state index >= 15 is 0 Å². The molecule has 1 saturated heterocycles. The van der Waals surface area contributed by atoms with Crippen LogP contribution in [0.25, 0.3) is 10.9 Å². The molecule has 0 bridgehead atoms. The Bertz CT molecular complexity index is 546. The number of H-pyrrole nitrogens is 1. The van der Waals surface area contributed by atoms with Gasteiger partial charge in [-0.3, -0.25) is 4.90 Å². The Hall–Kier alpha value is -1.32. The van der Waals surface area contributed by atoms with Gasteiger partial charge in [0.15, 0.2) is 0 Å². The monoisotopic (exact) mass is 258 g/mol. The number of piperidine rings is 1. The molecule has 0 radical (unpaired) electrons. The molecule has 2 heterocycles. The van der Waals surface area contributed by atoms with E-state index in [4.69, 9.17) is 0 Å². The Labute approximate surface area is 114 Å². The zero-order valence-electron chi connectivity index (χ0n) is 11.5. The number of hydrogen-bond acceptors (Lipinski definition) is 2. The zero-order chi connectivity index (χ0) is 13.2. The van der Waals surface area contributed by atoms with Gasteiger partial charge in [0.25, 0.3) is 0 Å². The number of aliphatic hydroxyl groups is 1. The lowest BCUT2D eigenvalue weighted by molar-refractivity contribution is 0.0600. The minimum Gasteiger partial charge on any atom is -0.393 e. The Balaban J connectivity index is 1.75. The van der Waals surface area contributed by atoms with Crippen LogP contribution in [0.5, 0.6) is 0 Å². The van der Waals surface area contributed by atoms with Gasteiger partial charge in [-0.2, -0.15) is 0 Å². The summed E-state index contributed by atoms with van der Waals surface area (Å²) in [6, 6.07) is 8.60. The number of rotatable bonds is 3. The molecule has 19 heavy (non-hydrogen) atoms. The maximum absolute atomic E-state index is 9.77. The molecule has 1 aromatic heterocycles. The molecule has 2 atom stereocenters. The van der Waals surface area contributed by atoms with Crippen LogP contribution in [-0.2, 0) is 6.54 Å². The number of likely N-dealkylation sites (tertiary alicyclic amines) is 1. The molecule has 1 fully saturated rings. The Kier molecular flexibility index (Phi) is 3.58. The predicted octanol–water partition coefficient (Wildman–Crippen LogP) is 2.76. The molecule has 2 aromatic rings. The van der Waals surface area contributed by atoms with Crippen LogP contribution in [0.1, 0.15) is 25.3 Å². The van der Waals surface area contributed by atoms with Crippen molar-refractivity contribution in [2.24, 2.45) is 5.92 Å². The fourth-order valence-corrected chi connectivity index (χ4v) is 3.16. The van der Waals surface area contributed by atoms with Crippen LogP contribution in [0.3, 0.4) is 0 Å². The summed E-state index contributed by atoms with van der Waals surface area (Å²) in [6.07, 6.45) is 4.16. The molecule has 0 unspecified atom stereocenters. The van der Waals surface area contributed by atoms with Gasteiger partial charge in [0.2, 0.25) is 0 Å². The third-order valence-electron chi connectivity index (χ3n) is 4.30. The van der Waals surface area contributed by atoms with Gasteiger partial charge >= 0.3 is 0 Å². The summed E-state index contributed by atoms with van der Waals surface area (Å²) in [5.74, 6) is 0.430. The van der Waals surface area contributed by atoms with Crippen molar-refractivity contribution in [3.63, 3.8) is 0 Å². The minimum atomic E-state index is -0.189. The first-order valence-electron chi connectivity index (χ1n) is 7.19. The summed E-state index contributed by atoms with van der Waals surface area (Å²) in [4.78, 5) is 5.74. The lowest BCUT2D eigenvalue weighted by Gasteiger charge is -2.34. The molecule has 2 N–H and O–H groups in total. The van der Waals surface area contributed by atoms with Crippen molar-refractivity contribution in [3.8, 4) is 0 Å². The van der Waals surface area contributed by atoms with Crippen LogP contribution >= 0.6 is 0 Å². The van der Waals surface area contributed by atoms with E-state index in [-0.39, 0.29) is 6.10 Å².